The first-order valence-corrected chi connectivity index (χ1v) is 29.5. The fourth-order valence-electron chi connectivity index (χ4n) is 9.46. The van der Waals surface area contributed by atoms with Gasteiger partial charge in [0.05, 0.1) is 32.0 Å². The van der Waals surface area contributed by atoms with Crippen LogP contribution in [0, 0.1) is 0 Å². The number of nitrogens with one attached hydrogen (secondary N) is 1. The van der Waals surface area contributed by atoms with E-state index in [1.807, 2.05) is 6.08 Å². The molecule has 0 bridgehead atoms. The van der Waals surface area contributed by atoms with Crippen molar-refractivity contribution in [2.75, 3.05) is 19.8 Å². The van der Waals surface area contributed by atoms with E-state index in [0.29, 0.717) is 6.42 Å². The number of aliphatic hydroxyl groups is 8. The highest BCUT2D eigenvalue weighted by atomic mass is 16.7. The Morgan fingerprint density at radius 2 is 0.932 bits per heavy atom. The van der Waals surface area contributed by atoms with Crippen LogP contribution in [0.5, 0.6) is 0 Å². The van der Waals surface area contributed by atoms with E-state index in [1.165, 1.54) is 109 Å². The molecule has 0 saturated carbocycles. The first kappa shape index (κ1) is 67.8. The van der Waals surface area contributed by atoms with Gasteiger partial charge in [-0.3, -0.25) is 4.79 Å². The SMILES string of the molecule is CC/C=C\C/C=C\C/C=C\C/C=C\CCCCCCCCC(=O)NC(COC1OC(CO)C(OC2OC(CO)C(O)C(O)C2O)C(O)C1O)C(O)/C=C/CCCCCCCCCCCCCCCCCCCCC. The summed E-state index contributed by atoms with van der Waals surface area (Å²) in [4.78, 5) is 13.2. The summed E-state index contributed by atoms with van der Waals surface area (Å²) < 4.78 is 22.8. The van der Waals surface area contributed by atoms with E-state index in [-0.39, 0.29) is 18.9 Å². The highest BCUT2D eigenvalue weighted by Gasteiger charge is 2.51. The van der Waals surface area contributed by atoms with Crippen molar-refractivity contribution in [3.63, 3.8) is 0 Å². The average Bonchev–Trinajstić information content (AvgIpc) is 3.40. The van der Waals surface area contributed by atoms with Crippen LogP contribution in [0.1, 0.15) is 219 Å². The molecule has 0 aromatic heterocycles. The first-order chi connectivity index (χ1) is 36.1. The van der Waals surface area contributed by atoms with Crippen LogP contribution in [0.25, 0.3) is 0 Å². The van der Waals surface area contributed by atoms with Crippen LogP contribution in [-0.4, -0.2) is 140 Å². The Morgan fingerprint density at radius 1 is 0.500 bits per heavy atom. The lowest BCUT2D eigenvalue weighted by atomic mass is 9.97. The minimum absolute atomic E-state index is 0.254. The van der Waals surface area contributed by atoms with E-state index in [9.17, 15) is 45.6 Å². The smallest absolute Gasteiger partial charge is 0.220 e. The Bertz CT molecular complexity index is 1470. The van der Waals surface area contributed by atoms with E-state index in [4.69, 9.17) is 18.9 Å². The molecule has 0 aromatic carbocycles. The molecule has 2 heterocycles. The minimum Gasteiger partial charge on any atom is -0.394 e. The number of amides is 1. The number of hydrogen-bond donors (Lipinski definition) is 9. The Kier molecular flexibility index (Phi) is 41.9. The molecule has 9 N–H and O–H groups in total. The summed E-state index contributed by atoms with van der Waals surface area (Å²) >= 11 is 0. The van der Waals surface area contributed by atoms with Crippen LogP contribution < -0.4 is 5.32 Å². The van der Waals surface area contributed by atoms with Gasteiger partial charge in [-0.1, -0.05) is 216 Å². The molecule has 2 fully saturated rings. The van der Waals surface area contributed by atoms with Gasteiger partial charge in [0.1, 0.15) is 48.8 Å². The quantitative estimate of drug-likeness (QED) is 0.0205. The van der Waals surface area contributed by atoms with Gasteiger partial charge in [-0.05, 0) is 57.8 Å². The Hall–Kier alpha value is -2.31. The monoisotopic (exact) mass is 1050 g/mol. The molecule has 1 amide bonds. The summed E-state index contributed by atoms with van der Waals surface area (Å²) in [6.07, 6.45) is 41.1. The second-order valence-electron chi connectivity index (χ2n) is 20.7. The molecule has 0 aliphatic carbocycles. The molecule has 2 aliphatic heterocycles. The van der Waals surface area contributed by atoms with Crippen LogP contribution in [0.15, 0.2) is 60.8 Å². The van der Waals surface area contributed by atoms with Gasteiger partial charge in [-0.2, -0.15) is 0 Å². The third-order valence-corrected chi connectivity index (χ3v) is 14.2. The van der Waals surface area contributed by atoms with Gasteiger partial charge >= 0.3 is 0 Å². The Morgan fingerprint density at radius 3 is 1.43 bits per heavy atom. The third kappa shape index (κ3) is 31.2. The van der Waals surface area contributed by atoms with Crippen LogP contribution >= 0.6 is 0 Å². The number of hydrogen-bond acceptors (Lipinski definition) is 13. The summed E-state index contributed by atoms with van der Waals surface area (Å²) in [5.41, 5.74) is 0. The molecule has 12 atom stereocenters. The summed E-state index contributed by atoms with van der Waals surface area (Å²) in [6.45, 7) is 2.68. The third-order valence-electron chi connectivity index (χ3n) is 14.2. The number of rotatable bonds is 46. The number of carbonyl (C=O) groups excluding carboxylic acids is 1. The van der Waals surface area contributed by atoms with Gasteiger partial charge in [0, 0.05) is 6.42 Å². The maximum Gasteiger partial charge on any atom is 0.220 e. The Balaban J connectivity index is 1.79. The van der Waals surface area contributed by atoms with Crippen molar-refractivity contribution in [2.24, 2.45) is 0 Å². The second-order valence-corrected chi connectivity index (χ2v) is 20.7. The van der Waals surface area contributed by atoms with Gasteiger partial charge in [0.25, 0.3) is 0 Å². The van der Waals surface area contributed by atoms with Gasteiger partial charge in [-0.25, -0.2) is 0 Å². The standard InChI is InChI=1S/C60H107NO13/c1-3-5-7-9-11-13-15-17-19-21-23-24-26-27-29-31-33-35-37-39-41-43-49(64)48(61-52(65)44-42-40-38-36-34-32-30-28-25-22-20-18-16-14-12-10-8-6-4-2)47-71-59-57(70)55(68)58(51(46-63)73-59)74-60-56(69)54(67)53(66)50(45-62)72-60/h6,8,12,14,18,20,25,28,41,43,48-51,53-60,62-64,66-70H,3-5,7,9-11,13,15-17,19,21-24,26-27,29-40,42,44-47H2,1-2H3,(H,61,65)/b8-6-,14-12-,20-18-,28-25-,43-41+. The summed E-state index contributed by atoms with van der Waals surface area (Å²) in [5.74, 6) is -0.254. The van der Waals surface area contributed by atoms with Gasteiger partial charge < -0.3 is 65.1 Å². The largest absolute Gasteiger partial charge is 0.394 e. The zero-order valence-electron chi connectivity index (χ0n) is 46.1. The lowest BCUT2D eigenvalue weighted by molar-refractivity contribution is -0.359. The second kappa shape index (κ2) is 45.7. The van der Waals surface area contributed by atoms with Crippen molar-refractivity contribution in [3.8, 4) is 0 Å². The molecule has 2 aliphatic rings. The van der Waals surface area contributed by atoms with Crippen molar-refractivity contribution in [1.82, 2.24) is 5.32 Å². The van der Waals surface area contributed by atoms with Crippen molar-refractivity contribution < 1.29 is 64.6 Å². The number of allylic oxidation sites excluding steroid dienone is 9. The maximum atomic E-state index is 13.2. The number of ether oxygens (including phenoxy) is 4. The average molecular weight is 1050 g/mol. The molecule has 0 spiro atoms. The van der Waals surface area contributed by atoms with Crippen LogP contribution in [0.3, 0.4) is 0 Å². The molecule has 430 valence electrons. The number of unbranched alkanes of at least 4 members (excludes halogenated alkanes) is 25. The molecule has 14 heteroatoms. The van der Waals surface area contributed by atoms with Crippen LogP contribution in [-0.2, 0) is 23.7 Å². The van der Waals surface area contributed by atoms with Crippen molar-refractivity contribution in [1.29, 1.82) is 0 Å². The zero-order valence-corrected chi connectivity index (χ0v) is 46.1. The predicted molar refractivity (Wildman–Crippen MR) is 295 cm³/mol. The van der Waals surface area contributed by atoms with E-state index < -0.39 is 86.8 Å². The highest BCUT2D eigenvalue weighted by molar-refractivity contribution is 5.76. The van der Waals surface area contributed by atoms with Crippen LogP contribution in [0.2, 0.25) is 0 Å². The summed E-state index contributed by atoms with van der Waals surface area (Å²) in [7, 11) is 0. The fraction of sp³-hybridized carbons (Fsp3) is 0.817. The molecule has 74 heavy (non-hydrogen) atoms. The number of aliphatic hydroxyl groups excluding tert-OH is 8. The van der Waals surface area contributed by atoms with Gasteiger partial charge in [0.15, 0.2) is 12.6 Å². The highest BCUT2D eigenvalue weighted by Crippen LogP contribution is 2.30. The molecular formula is C60H107NO13. The zero-order chi connectivity index (χ0) is 53.9. The van der Waals surface area contributed by atoms with E-state index >= 15 is 0 Å². The normalized spacial score (nSPS) is 25.6. The van der Waals surface area contributed by atoms with Crippen molar-refractivity contribution in [2.45, 2.75) is 293 Å². The van der Waals surface area contributed by atoms with Crippen molar-refractivity contribution in [3.05, 3.63) is 60.8 Å². The molecular weight excluding hydrogens is 943 g/mol. The molecule has 2 saturated heterocycles. The maximum absolute atomic E-state index is 13.2. The molecule has 0 aromatic rings. The van der Waals surface area contributed by atoms with E-state index in [1.54, 1.807) is 6.08 Å². The molecule has 0 radical (unpaired) electrons. The van der Waals surface area contributed by atoms with E-state index in [2.05, 4.69) is 67.8 Å². The van der Waals surface area contributed by atoms with Gasteiger partial charge in [0.2, 0.25) is 5.91 Å². The van der Waals surface area contributed by atoms with Crippen LogP contribution in [0.4, 0.5) is 0 Å². The summed E-state index contributed by atoms with van der Waals surface area (Å²) in [5, 5.41) is 87.1. The van der Waals surface area contributed by atoms with Crippen molar-refractivity contribution >= 4 is 5.91 Å². The Labute approximate surface area is 447 Å². The molecule has 14 nitrogen and oxygen atoms in total. The van der Waals surface area contributed by atoms with E-state index in [0.717, 1.165) is 83.5 Å². The molecule has 12 unspecified atom stereocenters. The molecule has 2 rings (SSSR count). The van der Waals surface area contributed by atoms with Gasteiger partial charge in [-0.15, -0.1) is 0 Å². The lowest BCUT2D eigenvalue weighted by Gasteiger charge is -2.46. The lowest BCUT2D eigenvalue weighted by Crippen LogP contribution is -2.65. The first-order valence-electron chi connectivity index (χ1n) is 29.5. The fourth-order valence-corrected chi connectivity index (χ4v) is 9.46. The predicted octanol–water partition coefficient (Wildman–Crippen LogP) is 9.78. The minimum atomic E-state index is -1.79. The number of carbonyl (C=O) groups is 1. The topological polar surface area (TPSA) is 228 Å². The summed E-state index contributed by atoms with van der Waals surface area (Å²) in [6, 6.07) is -0.925.